The number of carbonyl (C=O) groups is 1. The number of allylic oxidation sites excluding steroid dienone is 1. The molecule has 110 valence electrons. The Morgan fingerprint density at radius 1 is 1.30 bits per heavy atom. The summed E-state index contributed by atoms with van der Waals surface area (Å²) >= 11 is 0. The molecule has 0 aromatic rings. The molecular weight excluding hydrogens is 256 g/mol. The van der Waals surface area contributed by atoms with Crippen molar-refractivity contribution in [1.29, 1.82) is 0 Å². The van der Waals surface area contributed by atoms with Gasteiger partial charge in [0.05, 0.1) is 0 Å². The second kappa shape index (κ2) is 3.86. The minimum Gasteiger partial charge on any atom is -0.458 e. The van der Waals surface area contributed by atoms with Gasteiger partial charge in [0, 0.05) is 12.3 Å². The van der Waals surface area contributed by atoms with Crippen molar-refractivity contribution in [2.45, 2.75) is 64.1 Å². The van der Waals surface area contributed by atoms with Gasteiger partial charge < -0.3 is 14.2 Å². The summed E-state index contributed by atoms with van der Waals surface area (Å²) in [6.07, 6.45) is 4.68. The Morgan fingerprint density at radius 2 is 2.10 bits per heavy atom. The Labute approximate surface area is 119 Å². The highest BCUT2D eigenvalue weighted by Crippen LogP contribution is 2.62. The number of carbonyl (C=O) groups excluding carboxylic acids is 1. The van der Waals surface area contributed by atoms with E-state index in [1.165, 1.54) is 6.42 Å². The van der Waals surface area contributed by atoms with E-state index >= 15 is 0 Å². The van der Waals surface area contributed by atoms with Gasteiger partial charge in [-0.05, 0) is 50.5 Å². The van der Waals surface area contributed by atoms with Crippen LogP contribution in [0.5, 0.6) is 0 Å². The predicted octanol–water partition coefficient (Wildman–Crippen LogP) is 2.77. The van der Waals surface area contributed by atoms with Gasteiger partial charge in [-0.1, -0.05) is 6.92 Å². The van der Waals surface area contributed by atoms with Gasteiger partial charge in [-0.2, -0.15) is 0 Å². The lowest BCUT2D eigenvalue weighted by Gasteiger charge is -2.55. The molecule has 6 atom stereocenters. The van der Waals surface area contributed by atoms with E-state index in [0.717, 1.165) is 31.1 Å². The number of hydrogen-bond donors (Lipinski definition) is 0. The average Bonchev–Trinajstić information content (AvgIpc) is 2.63. The van der Waals surface area contributed by atoms with E-state index in [1.807, 2.05) is 13.8 Å². The van der Waals surface area contributed by atoms with Gasteiger partial charge >= 0.3 is 0 Å². The van der Waals surface area contributed by atoms with Crippen molar-refractivity contribution < 1.29 is 19.0 Å². The average molecular weight is 278 g/mol. The molecule has 3 aliphatic heterocycles. The van der Waals surface area contributed by atoms with Crippen molar-refractivity contribution >= 4 is 6.29 Å². The molecule has 20 heavy (non-hydrogen) atoms. The van der Waals surface area contributed by atoms with Gasteiger partial charge in [0.25, 0.3) is 0 Å². The summed E-state index contributed by atoms with van der Waals surface area (Å²) in [5.41, 5.74) is 0.671. The van der Waals surface area contributed by atoms with Crippen molar-refractivity contribution in [2.75, 3.05) is 0 Å². The summed E-state index contributed by atoms with van der Waals surface area (Å²) < 4.78 is 18.5. The van der Waals surface area contributed by atoms with Crippen LogP contribution in [0.2, 0.25) is 0 Å². The van der Waals surface area contributed by atoms with Crippen molar-refractivity contribution in [3.8, 4) is 0 Å². The minimum atomic E-state index is -0.547. The zero-order chi connectivity index (χ0) is 14.1. The van der Waals surface area contributed by atoms with Crippen molar-refractivity contribution in [1.82, 2.24) is 0 Å². The fourth-order valence-electron chi connectivity index (χ4n) is 5.02. The third-order valence-electron chi connectivity index (χ3n) is 6.00. The molecule has 4 aliphatic rings. The lowest BCUT2D eigenvalue weighted by atomic mass is 9.58. The number of hydrogen-bond acceptors (Lipinski definition) is 4. The molecule has 4 heteroatoms. The first-order valence-electron chi connectivity index (χ1n) is 7.71. The Hall–Kier alpha value is -0.870. The van der Waals surface area contributed by atoms with E-state index in [1.54, 1.807) is 0 Å². The van der Waals surface area contributed by atoms with Crippen LogP contribution in [-0.2, 0) is 19.0 Å². The van der Waals surface area contributed by atoms with Gasteiger partial charge in [-0.25, -0.2) is 0 Å². The molecule has 0 aromatic carbocycles. The normalized spacial score (nSPS) is 53.4. The quantitative estimate of drug-likeness (QED) is 0.692. The lowest BCUT2D eigenvalue weighted by molar-refractivity contribution is -0.243. The first-order valence-corrected chi connectivity index (χ1v) is 7.71. The van der Waals surface area contributed by atoms with Gasteiger partial charge in [-0.3, -0.25) is 4.79 Å². The molecule has 0 N–H and O–H groups in total. The molecule has 1 spiro atoms. The van der Waals surface area contributed by atoms with Crippen LogP contribution in [0.3, 0.4) is 0 Å². The smallest absolute Gasteiger partial charge is 0.232 e. The van der Waals surface area contributed by atoms with Gasteiger partial charge in [-0.15, -0.1) is 0 Å². The summed E-state index contributed by atoms with van der Waals surface area (Å²) in [5, 5.41) is 0. The summed E-state index contributed by atoms with van der Waals surface area (Å²) in [6, 6.07) is 0. The van der Waals surface area contributed by atoms with Crippen molar-refractivity contribution in [3.05, 3.63) is 11.3 Å². The highest BCUT2D eigenvalue weighted by atomic mass is 16.8. The largest absolute Gasteiger partial charge is 0.458 e. The van der Waals surface area contributed by atoms with Gasteiger partial charge in [0.2, 0.25) is 6.29 Å². The first kappa shape index (κ1) is 12.8. The fourth-order valence-corrected chi connectivity index (χ4v) is 5.02. The summed E-state index contributed by atoms with van der Waals surface area (Å²) in [4.78, 5) is 11.3. The zero-order valence-corrected chi connectivity index (χ0v) is 12.3. The SMILES string of the molecule is CC1=C(C=O)O[C@@H]2O[C@]3(C)CC[C@H]4[C@H](C)CC[C@@H]1[C@@]24O3. The standard InChI is InChI=1S/C16H22O4/c1-9-4-5-12-10(2)13(8-17)18-14-16(12)11(9)6-7-15(3,19-14)20-16/h8-9,11-12,14H,4-7H2,1-3H3/t9-,11+,12+,14-,15+,16-/m1/s1. The maximum absolute atomic E-state index is 11.3. The number of fused-ring (bicyclic) bond motifs is 1. The third-order valence-corrected chi connectivity index (χ3v) is 6.00. The minimum absolute atomic E-state index is 0.254. The van der Waals surface area contributed by atoms with Gasteiger partial charge in [0.1, 0.15) is 5.60 Å². The lowest BCUT2D eigenvalue weighted by Crippen LogP contribution is -2.62. The second-order valence-corrected chi connectivity index (χ2v) is 7.07. The van der Waals surface area contributed by atoms with Crippen LogP contribution in [0.25, 0.3) is 0 Å². The van der Waals surface area contributed by atoms with E-state index < -0.39 is 12.1 Å². The molecule has 2 saturated heterocycles. The monoisotopic (exact) mass is 278 g/mol. The molecule has 4 rings (SSSR count). The summed E-state index contributed by atoms with van der Waals surface area (Å²) in [7, 11) is 0. The molecule has 3 fully saturated rings. The van der Waals surface area contributed by atoms with Crippen LogP contribution in [-0.4, -0.2) is 24.0 Å². The van der Waals surface area contributed by atoms with Gasteiger partial charge in [0.15, 0.2) is 17.8 Å². The Balaban J connectivity index is 1.87. The Kier molecular flexibility index (Phi) is 2.48. The van der Waals surface area contributed by atoms with Crippen molar-refractivity contribution in [2.24, 2.45) is 17.8 Å². The van der Waals surface area contributed by atoms with Crippen LogP contribution in [0, 0.1) is 17.8 Å². The number of rotatable bonds is 1. The summed E-state index contributed by atoms with van der Waals surface area (Å²) in [5.74, 6) is 1.25. The molecule has 0 unspecified atom stereocenters. The van der Waals surface area contributed by atoms with Crippen LogP contribution in [0.15, 0.2) is 11.3 Å². The number of ether oxygens (including phenoxy) is 3. The van der Waals surface area contributed by atoms with Crippen LogP contribution in [0.4, 0.5) is 0 Å². The molecule has 1 aliphatic carbocycles. The fraction of sp³-hybridized carbons (Fsp3) is 0.812. The molecule has 0 radical (unpaired) electrons. The third kappa shape index (κ3) is 1.37. The summed E-state index contributed by atoms with van der Waals surface area (Å²) in [6.45, 7) is 6.33. The topological polar surface area (TPSA) is 44.8 Å². The predicted molar refractivity (Wildman–Crippen MR) is 71.6 cm³/mol. The van der Waals surface area contributed by atoms with Crippen molar-refractivity contribution in [3.63, 3.8) is 0 Å². The second-order valence-electron chi connectivity index (χ2n) is 7.07. The molecular formula is C16H22O4. The Bertz CT molecular complexity index is 499. The molecule has 1 saturated carbocycles. The molecule has 2 bridgehead atoms. The molecule has 0 amide bonds. The maximum atomic E-state index is 11.3. The van der Waals surface area contributed by atoms with E-state index in [9.17, 15) is 4.79 Å². The van der Waals surface area contributed by atoms with Crippen LogP contribution >= 0.6 is 0 Å². The van der Waals surface area contributed by atoms with E-state index in [0.29, 0.717) is 17.6 Å². The van der Waals surface area contributed by atoms with E-state index in [4.69, 9.17) is 14.2 Å². The van der Waals surface area contributed by atoms with Crippen LogP contribution < -0.4 is 0 Å². The Morgan fingerprint density at radius 3 is 2.85 bits per heavy atom. The number of aldehydes is 1. The van der Waals surface area contributed by atoms with E-state index in [2.05, 4.69) is 6.92 Å². The van der Waals surface area contributed by atoms with E-state index in [-0.39, 0.29) is 11.5 Å². The van der Waals surface area contributed by atoms with Crippen LogP contribution in [0.1, 0.15) is 46.5 Å². The first-order chi connectivity index (χ1) is 9.50. The highest BCUT2D eigenvalue weighted by Gasteiger charge is 2.70. The molecule has 4 nitrogen and oxygen atoms in total. The highest BCUT2D eigenvalue weighted by molar-refractivity contribution is 5.72. The molecule has 3 heterocycles. The maximum Gasteiger partial charge on any atom is 0.232 e. The molecule has 0 aromatic heterocycles. The zero-order valence-electron chi connectivity index (χ0n) is 12.3.